The Hall–Kier alpha value is -2.11. The second-order valence-corrected chi connectivity index (χ2v) is 3.40. The molecule has 0 aliphatic rings. The van der Waals surface area contributed by atoms with E-state index in [4.69, 9.17) is 5.11 Å². The topological polar surface area (TPSA) is 89.7 Å². The highest BCUT2D eigenvalue weighted by molar-refractivity contribution is 5.70. The molecular weight excluding hydrogens is 226 g/mol. The number of phenolic OH excluding ortho intramolecular Hbond substituents is 1. The van der Waals surface area contributed by atoms with Crippen LogP contribution in [0.5, 0.6) is 5.75 Å². The second kappa shape index (κ2) is 5.83. The molecule has 6 heteroatoms. The van der Waals surface area contributed by atoms with Gasteiger partial charge in [0.25, 0.3) is 0 Å². The molecule has 0 fully saturated rings. The normalized spacial score (nSPS) is 11.8. The molecule has 0 bridgehead atoms. The van der Waals surface area contributed by atoms with Crippen molar-refractivity contribution >= 4 is 5.97 Å². The van der Waals surface area contributed by atoms with E-state index in [1.807, 2.05) is 0 Å². The van der Waals surface area contributed by atoms with Crippen molar-refractivity contribution in [2.24, 2.45) is 0 Å². The van der Waals surface area contributed by atoms with Crippen molar-refractivity contribution in [3.63, 3.8) is 0 Å². The average Bonchev–Trinajstić information content (AvgIpc) is 2.27. The van der Waals surface area contributed by atoms with E-state index in [9.17, 15) is 14.9 Å². The first kappa shape index (κ1) is 13.0. The summed E-state index contributed by atoms with van der Waals surface area (Å²) < 4.78 is 4.67. The lowest BCUT2D eigenvalue weighted by Crippen LogP contribution is -2.17. The smallest absolute Gasteiger partial charge is 0.313 e. The molecule has 0 saturated heterocycles. The van der Waals surface area contributed by atoms with E-state index < -0.39 is 16.9 Å². The maximum Gasteiger partial charge on any atom is 0.313 e. The first-order valence-corrected chi connectivity index (χ1v) is 5.12. The highest BCUT2D eigenvalue weighted by Crippen LogP contribution is 2.22. The molecule has 1 unspecified atom stereocenters. The third-order valence-corrected chi connectivity index (χ3v) is 2.20. The number of hydrogen-bond donors (Lipinski definition) is 1. The van der Waals surface area contributed by atoms with Gasteiger partial charge in [-0.05, 0) is 31.2 Å². The van der Waals surface area contributed by atoms with Crippen molar-refractivity contribution in [1.29, 1.82) is 0 Å². The van der Waals surface area contributed by atoms with Crippen molar-refractivity contribution in [1.82, 2.24) is 0 Å². The summed E-state index contributed by atoms with van der Waals surface area (Å²) in [5.41, 5.74) is 0.362. The highest BCUT2D eigenvalue weighted by atomic mass is 16.6. The second-order valence-electron chi connectivity index (χ2n) is 3.40. The third kappa shape index (κ3) is 3.75. The Bertz CT molecular complexity index is 401. The zero-order valence-electron chi connectivity index (χ0n) is 9.33. The molecule has 17 heavy (non-hydrogen) atoms. The number of nitrogens with zero attached hydrogens (tertiary/aromatic N) is 1. The summed E-state index contributed by atoms with van der Waals surface area (Å²) in [6.07, 6.45) is -0.314. The lowest BCUT2D eigenvalue weighted by Gasteiger charge is -2.09. The first-order valence-electron chi connectivity index (χ1n) is 5.12. The van der Waals surface area contributed by atoms with Gasteiger partial charge in [0.15, 0.2) is 0 Å². The number of hydrogen-bond acceptors (Lipinski definition) is 5. The number of benzene rings is 1. The van der Waals surface area contributed by atoms with Gasteiger partial charge in [-0.3, -0.25) is 14.9 Å². The maximum absolute atomic E-state index is 11.2. The van der Waals surface area contributed by atoms with Gasteiger partial charge in [-0.15, -0.1) is 0 Å². The molecule has 0 aliphatic heterocycles. The zero-order chi connectivity index (χ0) is 12.8. The number of carbonyl (C=O) groups excluding carboxylic acids is 1. The molecule has 0 saturated carbocycles. The Morgan fingerprint density at radius 2 is 2.06 bits per heavy atom. The minimum Gasteiger partial charge on any atom is -0.508 e. The molecular formula is C11H13NO5. The van der Waals surface area contributed by atoms with Gasteiger partial charge in [-0.2, -0.15) is 0 Å². The monoisotopic (exact) mass is 239 g/mol. The van der Waals surface area contributed by atoms with Crippen LogP contribution in [0.1, 0.15) is 24.9 Å². The van der Waals surface area contributed by atoms with E-state index in [0.717, 1.165) is 0 Å². The standard InChI is InChI=1S/C11H13NO5/c1-2-17-11(14)7-10(12(15)16)8-3-5-9(13)6-4-8/h3-6,10,13H,2,7H2,1H3. The molecule has 0 radical (unpaired) electrons. The first-order chi connectivity index (χ1) is 8.04. The van der Waals surface area contributed by atoms with Crippen LogP contribution in [0, 0.1) is 10.1 Å². The van der Waals surface area contributed by atoms with Crippen LogP contribution >= 0.6 is 0 Å². The number of carbonyl (C=O) groups is 1. The van der Waals surface area contributed by atoms with Crippen LogP contribution in [-0.4, -0.2) is 22.6 Å². The number of phenols is 1. The number of esters is 1. The fourth-order valence-corrected chi connectivity index (χ4v) is 1.39. The molecule has 1 aromatic rings. The molecule has 1 aromatic carbocycles. The van der Waals surface area contributed by atoms with Crippen molar-refractivity contribution in [2.75, 3.05) is 6.61 Å². The van der Waals surface area contributed by atoms with Crippen molar-refractivity contribution < 1.29 is 19.6 Å². The SMILES string of the molecule is CCOC(=O)CC(c1ccc(O)cc1)[N+](=O)[O-]. The third-order valence-electron chi connectivity index (χ3n) is 2.20. The average molecular weight is 239 g/mol. The largest absolute Gasteiger partial charge is 0.508 e. The number of nitro groups is 1. The van der Waals surface area contributed by atoms with Gasteiger partial charge in [0.1, 0.15) is 12.2 Å². The van der Waals surface area contributed by atoms with Crippen LogP contribution in [-0.2, 0) is 9.53 Å². The lowest BCUT2D eigenvalue weighted by atomic mass is 10.0. The zero-order valence-corrected chi connectivity index (χ0v) is 9.33. The summed E-state index contributed by atoms with van der Waals surface area (Å²) in [4.78, 5) is 21.5. The molecule has 1 N–H and O–H groups in total. The molecule has 1 atom stereocenters. The van der Waals surface area contributed by atoms with Crippen LogP contribution in [0.15, 0.2) is 24.3 Å². The molecule has 6 nitrogen and oxygen atoms in total. The Balaban J connectivity index is 2.82. The Labute approximate surface area is 98.0 Å². The van der Waals surface area contributed by atoms with Gasteiger partial charge in [-0.1, -0.05) is 0 Å². The summed E-state index contributed by atoms with van der Waals surface area (Å²) in [5.74, 6) is -0.589. The lowest BCUT2D eigenvalue weighted by molar-refractivity contribution is -0.528. The Kier molecular flexibility index (Phi) is 4.45. The molecule has 1 rings (SSSR count). The maximum atomic E-state index is 11.2. The minimum absolute atomic E-state index is 0.0204. The van der Waals surface area contributed by atoms with Crippen LogP contribution in [0.2, 0.25) is 0 Å². The highest BCUT2D eigenvalue weighted by Gasteiger charge is 2.26. The van der Waals surface area contributed by atoms with Crippen molar-refractivity contribution in [2.45, 2.75) is 19.4 Å². The van der Waals surface area contributed by atoms with Gasteiger partial charge in [0.2, 0.25) is 6.04 Å². The summed E-state index contributed by atoms with van der Waals surface area (Å²) in [5, 5.41) is 19.9. The summed E-state index contributed by atoms with van der Waals surface area (Å²) in [7, 11) is 0. The minimum atomic E-state index is -1.14. The number of rotatable bonds is 5. The van der Waals surface area contributed by atoms with Crippen molar-refractivity contribution in [3.05, 3.63) is 39.9 Å². The van der Waals surface area contributed by atoms with Crippen LogP contribution in [0.3, 0.4) is 0 Å². The summed E-state index contributed by atoms with van der Waals surface area (Å²) in [6, 6.07) is 4.38. The molecule has 0 aromatic heterocycles. The van der Waals surface area contributed by atoms with E-state index in [2.05, 4.69) is 4.74 Å². The Morgan fingerprint density at radius 1 is 1.47 bits per heavy atom. The van der Waals surface area contributed by atoms with Gasteiger partial charge < -0.3 is 9.84 Å². The van der Waals surface area contributed by atoms with E-state index in [-0.39, 0.29) is 18.8 Å². The number of ether oxygens (including phenoxy) is 1. The van der Waals surface area contributed by atoms with Crippen LogP contribution < -0.4 is 0 Å². The molecule has 0 heterocycles. The summed E-state index contributed by atoms with van der Waals surface area (Å²) in [6.45, 7) is 1.83. The van der Waals surface area contributed by atoms with Gasteiger partial charge in [0.05, 0.1) is 6.61 Å². The molecule has 0 spiro atoms. The molecule has 92 valence electrons. The quantitative estimate of drug-likeness (QED) is 0.479. The predicted molar refractivity (Wildman–Crippen MR) is 59.1 cm³/mol. The predicted octanol–water partition coefficient (Wildman–Crippen LogP) is 1.66. The van der Waals surface area contributed by atoms with Crippen LogP contribution in [0.25, 0.3) is 0 Å². The van der Waals surface area contributed by atoms with E-state index >= 15 is 0 Å². The fourth-order valence-electron chi connectivity index (χ4n) is 1.39. The van der Waals surface area contributed by atoms with Gasteiger partial charge >= 0.3 is 5.97 Å². The van der Waals surface area contributed by atoms with Crippen LogP contribution in [0.4, 0.5) is 0 Å². The van der Waals surface area contributed by atoms with Gasteiger partial charge in [0, 0.05) is 10.5 Å². The fraction of sp³-hybridized carbons (Fsp3) is 0.364. The number of aromatic hydroxyl groups is 1. The van der Waals surface area contributed by atoms with E-state index in [0.29, 0.717) is 5.56 Å². The summed E-state index contributed by atoms with van der Waals surface area (Å²) >= 11 is 0. The van der Waals surface area contributed by atoms with E-state index in [1.54, 1.807) is 6.92 Å². The molecule has 0 amide bonds. The van der Waals surface area contributed by atoms with E-state index in [1.165, 1.54) is 24.3 Å². The van der Waals surface area contributed by atoms with Crippen molar-refractivity contribution in [3.8, 4) is 5.75 Å². The molecule has 0 aliphatic carbocycles. The Morgan fingerprint density at radius 3 is 2.53 bits per heavy atom. The van der Waals surface area contributed by atoms with Gasteiger partial charge in [-0.25, -0.2) is 0 Å².